The van der Waals surface area contributed by atoms with Crippen LogP contribution in [-0.2, 0) is 4.79 Å². The van der Waals surface area contributed by atoms with Crippen molar-refractivity contribution >= 4 is 24.4 Å². The number of hydrogen-bond acceptors (Lipinski definition) is 1. The molecule has 0 unspecified atom stereocenters. The Kier molecular flexibility index (Phi) is 6.26. The Hall–Kier alpha value is -2.46. The van der Waals surface area contributed by atoms with E-state index in [1.807, 2.05) is 60.7 Å². The van der Waals surface area contributed by atoms with E-state index in [9.17, 15) is 4.79 Å². The monoisotopic (exact) mass is 351 g/mol. The van der Waals surface area contributed by atoms with Crippen molar-refractivity contribution in [2.24, 2.45) is 0 Å². The zero-order valence-electron chi connectivity index (χ0n) is 13.7. The maximum Gasteiger partial charge on any atom is 0.327 e. The van der Waals surface area contributed by atoms with Crippen molar-refractivity contribution in [2.75, 3.05) is 13.2 Å². The third-order valence-electron chi connectivity index (χ3n) is 3.35. The Balaban J connectivity index is 2.33. The number of halogens is 1. The fraction of sp³-hybridized carbons (Fsp3) is 0.150. The second-order valence-corrected chi connectivity index (χ2v) is 9.76. The number of carbonyl (C=O) groups excluding carboxylic acids is 1. The molecule has 0 radical (unpaired) electrons. The minimum Gasteiger partial charge on any atom is -0.346 e. The fourth-order valence-corrected chi connectivity index (χ4v) is 4.54. The van der Waals surface area contributed by atoms with Crippen molar-refractivity contribution < 1.29 is 4.79 Å². The molecule has 2 aromatic rings. The molecule has 0 heterocycles. The summed E-state index contributed by atoms with van der Waals surface area (Å²) in [5, 5.41) is 0. The van der Waals surface area contributed by atoms with Gasteiger partial charge < -0.3 is 4.90 Å². The van der Waals surface area contributed by atoms with E-state index < -0.39 is 7.38 Å². The van der Waals surface area contributed by atoms with E-state index in [4.69, 9.17) is 11.1 Å². The molecule has 0 fully saturated rings. The van der Waals surface area contributed by atoms with Crippen LogP contribution in [0.4, 0.5) is 0 Å². The zero-order chi connectivity index (χ0) is 17.4. The topological polar surface area (TPSA) is 20.3 Å². The minimum atomic E-state index is -2.79. The first-order chi connectivity index (χ1) is 11.5. The van der Waals surface area contributed by atoms with Crippen LogP contribution in [0.3, 0.4) is 0 Å². The van der Waals surface area contributed by atoms with Crippen LogP contribution in [0.25, 0.3) is 0 Å². The molecule has 1 amide bonds. The molecular formula is C20H18ClNOSi. The van der Waals surface area contributed by atoms with E-state index in [-0.39, 0.29) is 5.91 Å². The van der Waals surface area contributed by atoms with Crippen LogP contribution in [0.2, 0.25) is 0 Å². The summed E-state index contributed by atoms with van der Waals surface area (Å²) >= 11 is 6.78. The van der Waals surface area contributed by atoms with Gasteiger partial charge in [0.1, 0.15) is 0 Å². The highest BCUT2D eigenvalue weighted by atomic mass is 35.6. The Bertz CT molecular complexity index is 755. The summed E-state index contributed by atoms with van der Waals surface area (Å²) in [4.78, 5) is 13.1. The Morgan fingerprint density at radius 2 is 1.38 bits per heavy atom. The third-order valence-corrected chi connectivity index (χ3v) is 6.23. The Morgan fingerprint density at radius 3 is 1.75 bits per heavy atom. The SMILES string of the molecule is CC(=O)N(C)C[Si](Cl)(C#Cc1ccccc1)C#Cc1ccccc1. The smallest absolute Gasteiger partial charge is 0.327 e. The summed E-state index contributed by atoms with van der Waals surface area (Å²) in [6.07, 6.45) is 0.365. The normalized spacial score (nSPS) is 9.96. The third kappa shape index (κ3) is 5.63. The molecule has 2 nitrogen and oxygen atoms in total. The van der Waals surface area contributed by atoms with Gasteiger partial charge in [0.05, 0.1) is 6.17 Å². The summed E-state index contributed by atoms with van der Waals surface area (Å²) in [7, 11) is -1.06. The molecule has 0 N–H and O–H groups in total. The standard InChI is InChI=1S/C20H18ClNOSi/c1-18(23)22(2)17-24(21,15-13-19-9-5-3-6-10-19)16-14-20-11-7-4-8-12-20/h3-12H,17H2,1-2H3. The van der Waals surface area contributed by atoms with Crippen LogP contribution < -0.4 is 0 Å². The van der Waals surface area contributed by atoms with Crippen LogP contribution in [0.5, 0.6) is 0 Å². The molecule has 120 valence electrons. The van der Waals surface area contributed by atoms with Crippen LogP contribution in [-0.4, -0.2) is 31.4 Å². The first-order valence-corrected chi connectivity index (χ1v) is 10.8. The molecular weight excluding hydrogens is 334 g/mol. The van der Waals surface area contributed by atoms with E-state index in [0.29, 0.717) is 6.17 Å². The first kappa shape index (κ1) is 17.9. The van der Waals surface area contributed by atoms with Gasteiger partial charge in [-0.2, -0.15) is 0 Å². The van der Waals surface area contributed by atoms with E-state index in [1.165, 1.54) is 6.92 Å². The van der Waals surface area contributed by atoms with Crippen molar-refractivity contribution in [1.29, 1.82) is 0 Å². The van der Waals surface area contributed by atoms with Crippen molar-refractivity contribution in [3.63, 3.8) is 0 Å². The molecule has 2 aromatic carbocycles. The van der Waals surface area contributed by atoms with Gasteiger partial charge in [-0.1, -0.05) is 59.3 Å². The van der Waals surface area contributed by atoms with E-state index >= 15 is 0 Å². The molecule has 0 aliphatic carbocycles. The summed E-state index contributed by atoms with van der Waals surface area (Å²) in [6.45, 7) is 1.51. The number of hydrogen-bond donors (Lipinski definition) is 0. The highest BCUT2D eigenvalue weighted by Gasteiger charge is 2.30. The second kappa shape index (κ2) is 8.41. The van der Waals surface area contributed by atoms with Gasteiger partial charge in [0.25, 0.3) is 0 Å². The fourth-order valence-electron chi connectivity index (χ4n) is 1.93. The van der Waals surface area contributed by atoms with Gasteiger partial charge in [0, 0.05) is 25.1 Å². The molecule has 0 spiro atoms. The average molecular weight is 352 g/mol. The van der Waals surface area contributed by atoms with Gasteiger partial charge in [-0.15, -0.1) is 11.1 Å². The predicted molar refractivity (Wildman–Crippen MR) is 102 cm³/mol. The van der Waals surface area contributed by atoms with Crippen LogP contribution in [0.1, 0.15) is 18.1 Å². The molecule has 0 bridgehead atoms. The maximum absolute atomic E-state index is 11.6. The molecule has 0 saturated heterocycles. The zero-order valence-corrected chi connectivity index (χ0v) is 15.5. The van der Waals surface area contributed by atoms with Gasteiger partial charge >= 0.3 is 7.38 Å². The van der Waals surface area contributed by atoms with Crippen LogP contribution in [0.15, 0.2) is 60.7 Å². The lowest BCUT2D eigenvalue weighted by Gasteiger charge is -2.20. The average Bonchev–Trinajstić information content (AvgIpc) is 2.60. The number of carbonyl (C=O) groups is 1. The molecule has 4 heteroatoms. The molecule has 0 aromatic heterocycles. The minimum absolute atomic E-state index is 0.0458. The second-order valence-electron chi connectivity index (χ2n) is 5.41. The number of nitrogens with zero attached hydrogens (tertiary/aromatic N) is 1. The summed E-state index contributed by atoms with van der Waals surface area (Å²) in [5.41, 5.74) is 8.09. The Labute approximate surface area is 149 Å². The highest BCUT2D eigenvalue weighted by Crippen LogP contribution is 2.10. The van der Waals surface area contributed by atoms with E-state index in [1.54, 1.807) is 11.9 Å². The largest absolute Gasteiger partial charge is 0.346 e. The molecule has 0 aliphatic heterocycles. The van der Waals surface area contributed by atoms with Crippen molar-refractivity contribution in [2.45, 2.75) is 6.92 Å². The van der Waals surface area contributed by atoms with Gasteiger partial charge in [-0.05, 0) is 24.3 Å². The number of benzene rings is 2. The van der Waals surface area contributed by atoms with Gasteiger partial charge in [0.15, 0.2) is 0 Å². The number of rotatable bonds is 2. The van der Waals surface area contributed by atoms with Gasteiger partial charge in [-0.25, -0.2) is 0 Å². The molecule has 2 rings (SSSR count). The number of amides is 1. The van der Waals surface area contributed by atoms with Crippen LogP contribution in [0, 0.1) is 22.9 Å². The Morgan fingerprint density at radius 1 is 0.958 bits per heavy atom. The summed E-state index contributed by atoms with van der Waals surface area (Å²) in [5.74, 6) is 6.16. The molecule has 0 aliphatic rings. The summed E-state index contributed by atoms with van der Waals surface area (Å²) in [6, 6.07) is 19.3. The lowest BCUT2D eigenvalue weighted by atomic mass is 10.2. The lowest BCUT2D eigenvalue weighted by molar-refractivity contribution is -0.126. The lowest BCUT2D eigenvalue weighted by Crippen LogP contribution is -2.42. The molecule has 24 heavy (non-hydrogen) atoms. The van der Waals surface area contributed by atoms with Gasteiger partial charge in [-0.3, -0.25) is 4.79 Å². The quantitative estimate of drug-likeness (QED) is 0.461. The highest BCUT2D eigenvalue weighted by molar-refractivity contribution is 7.29. The van der Waals surface area contributed by atoms with Gasteiger partial charge in [0.2, 0.25) is 5.91 Å². The van der Waals surface area contributed by atoms with E-state index in [2.05, 4.69) is 22.9 Å². The van der Waals surface area contributed by atoms with Crippen molar-refractivity contribution in [3.8, 4) is 22.9 Å². The van der Waals surface area contributed by atoms with E-state index in [0.717, 1.165) is 11.1 Å². The maximum atomic E-state index is 11.6. The molecule has 0 atom stereocenters. The van der Waals surface area contributed by atoms with Crippen molar-refractivity contribution in [3.05, 3.63) is 71.8 Å². The van der Waals surface area contributed by atoms with Crippen molar-refractivity contribution in [1.82, 2.24) is 4.90 Å². The molecule has 0 saturated carbocycles. The predicted octanol–water partition coefficient (Wildman–Crippen LogP) is 3.37. The first-order valence-electron chi connectivity index (χ1n) is 7.56. The van der Waals surface area contributed by atoms with Crippen LogP contribution >= 0.6 is 11.1 Å². The summed E-state index contributed by atoms with van der Waals surface area (Å²) < 4.78 is 0.